The number of nitriles is 1. The Bertz CT molecular complexity index is 969. The fraction of sp³-hybridized carbons (Fsp3) is 0.500. The van der Waals surface area contributed by atoms with Gasteiger partial charge >= 0.3 is 0 Å². The van der Waals surface area contributed by atoms with Gasteiger partial charge in [-0.1, -0.05) is 17.8 Å². The van der Waals surface area contributed by atoms with Crippen molar-refractivity contribution in [3.05, 3.63) is 40.8 Å². The number of methoxy groups -OCH3 is 1. The maximum atomic E-state index is 14.9. The molecule has 2 heterocycles. The Labute approximate surface area is 192 Å². The summed E-state index contributed by atoms with van der Waals surface area (Å²) in [6, 6.07) is 7.28. The number of rotatable bonds is 9. The number of morpholine rings is 1. The maximum absolute atomic E-state index is 14.9. The van der Waals surface area contributed by atoms with Crippen molar-refractivity contribution in [1.29, 1.82) is 5.26 Å². The van der Waals surface area contributed by atoms with Gasteiger partial charge in [-0.15, -0.1) is 0 Å². The van der Waals surface area contributed by atoms with E-state index in [2.05, 4.69) is 14.9 Å². The van der Waals surface area contributed by atoms with Crippen LogP contribution in [0.15, 0.2) is 23.4 Å². The molecule has 1 aromatic heterocycles. The van der Waals surface area contributed by atoms with E-state index >= 15 is 0 Å². The van der Waals surface area contributed by atoms with E-state index in [4.69, 9.17) is 14.2 Å². The number of thioether (sulfide) groups is 1. The zero-order valence-corrected chi connectivity index (χ0v) is 19.6. The predicted octanol–water partition coefficient (Wildman–Crippen LogP) is 2.70. The smallest absolute Gasteiger partial charge is 0.217 e. The summed E-state index contributed by atoms with van der Waals surface area (Å²) in [6.07, 6.45) is 1.72. The third-order valence-electron chi connectivity index (χ3n) is 5.04. The molecule has 0 spiro atoms. The first-order valence-electron chi connectivity index (χ1n) is 10.2. The normalized spacial score (nSPS) is 16.6. The quantitative estimate of drug-likeness (QED) is 0.413. The van der Waals surface area contributed by atoms with Crippen molar-refractivity contribution in [1.82, 2.24) is 14.9 Å². The van der Waals surface area contributed by atoms with E-state index in [1.807, 2.05) is 12.3 Å². The van der Waals surface area contributed by atoms with Gasteiger partial charge in [-0.3, -0.25) is 4.90 Å². The second-order valence-corrected chi connectivity index (χ2v) is 8.37. The Morgan fingerprint density at radius 2 is 2.19 bits per heavy atom. The van der Waals surface area contributed by atoms with E-state index in [-0.39, 0.29) is 11.7 Å². The van der Waals surface area contributed by atoms with Crippen LogP contribution in [0.3, 0.4) is 0 Å². The summed E-state index contributed by atoms with van der Waals surface area (Å²) in [5.41, 5.74) is 1.89. The van der Waals surface area contributed by atoms with Crippen molar-refractivity contribution >= 4 is 17.4 Å². The summed E-state index contributed by atoms with van der Waals surface area (Å²) in [5.74, 6) is 0.00958. The van der Waals surface area contributed by atoms with Gasteiger partial charge < -0.3 is 19.1 Å². The van der Waals surface area contributed by atoms with E-state index in [1.165, 1.54) is 11.8 Å². The molecule has 172 valence electrons. The topological polar surface area (TPSA) is 83.7 Å². The molecule has 0 saturated carbocycles. The lowest BCUT2D eigenvalue weighted by molar-refractivity contribution is -0.0513. The van der Waals surface area contributed by atoms with Gasteiger partial charge in [0, 0.05) is 52.5 Å². The summed E-state index contributed by atoms with van der Waals surface area (Å²) in [7, 11) is 5.20. The minimum atomic E-state index is -0.464. The van der Waals surface area contributed by atoms with Crippen molar-refractivity contribution in [3.8, 4) is 11.9 Å². The highest BCUT2D eigenvalue weighted by molar-refractivity contribution is 7.98. The fourth-order valence-electron chi connectivity index (χ4n) is 3.49. The Balaban J connectivity index is 1.63. The van der Waals surface area contributed by atoms with Gasteiger partial charge in [0.15, 0.2) is 5.16 Å². The molecule has 1 aliphatic heterocycles. The largest absolute Gasteiger partial charge is 0.475 e. The lowest BCUT2D eigenvalue weighted by Gasteiger charge is -2.33. The van der Waals surface area contributed by atoms with E-state index in [0.717, 1.165) is 5.69 Å². The number of hydrogen-bond acceptors (Lipinski definition) is 9. The summed E-state index contributed by atoms with van der Waals surface area (Å²) in [6.45, 7) is 2.88. The molecule has 1 fully saturated rings. The Kier molecular flexibility index (Phi) is 8.64. The molecule has 3 rings (SSSR count). The number of halogens is 1. The first kappa shape index (κ1) is 24.2. The molecule has 0 N–H and O–H groups in total. The summed E-state index contributed by atoms with van der Waals surface area (Å²) < 4.78 is 31.8. The first-order chi connectivity index (χ1) is 15.4. The van der Waals surface area contributed by atoms with Crippen LogP contribution in [0.4, 0.5) is 10.1 Å². The molecule has 32 heavy (non-hydrogen) atoms. The highest BCUT2D eigenvalue weighted by Crippen LogP contribution is 2.25. The number of benzene rings is 1. The number of anilines is 1. The minimum Gasteiger partial charge on any atom is -0.475 e. The standard InChI is InChI=1S/C22H28FN5O3S/c1-27(2)19-6-5-15(21(23)18(19)10-24)11-28-7-8-30-17(12-28)14-31-20-9-16(13-29-3)25-22(26-20)32-4/h5-6,9,17H,7-8,11-14H2,1-4H3. The predicted molar refractivity (Wildman–Crippen MR) is 120 cm³/mol. The van der Waals surface area contributed by atoms with Crippen molar-refractivity contribution in [2.24, 2.45) is 0 Å². The number of nitrogens with zero attached hydrogens (tertiary/aromatic N) is 5. The fourth-order valence-corrected chi connectivity index (χ4v) is 3.88. The second-order valence-electron chi connectivity index (χ2n) is 7.60. The molecule has 8 nitrogen and oxygen atoms in total. The molecule has 0 amide bonds. The molecule has 0 bridgehead atoms. The highest BCUT2D eigenvalue weighted by atomic mass is 32.2. The van der Waals surface area contributed by atoms with Crippen LogP contribution < -0.4 is 9.64 Å². The average Bonchev–Trinajstić information content (AvgIpc) is 2.79. The summed E-state index contributed by atoms with van der Waals surface area (Å²) in [4.78, 5) is 12.6. The first-order valence-corrected chi connectivity index (χ1v) is 11.4. The minimum absolute atomic E-state index is 0.0702. The van der Waals surface area contributed by atoms with Crippen LogP contribution in [-0.4, -0.2) is 74.7 Å². The number of hydrogen-bond donors (Lipinski definition) is 0. The zero-order valence-electron chi connectivity index (χ0n) is 18.8. The van der Waals surface area contributed by atoms with E-state index in [1.54, 1.807) is 44.3 Å². The van der Waals surface area contributed by atoms with Crippen LogP contribution in [0.25, 0.3) is 0 Å². The summed E-state index contributed by atoms with van der Waals surface area (Å²) >= 11 is 1.43. The SMILES string of the molecule is COCc1cc(OCC2CN(Cc3ccc(N(C)C)c(C#N)c3F)CCO2)nc(SC)n1. The third-order valence-corrected chi connectivity index (χ3v) is 5.59. The molecule has 1 aromatic carbocycles. The Morgan fingerprint density at radius 1 is 1.38 bits per heavy atom. The van der Waals surface area contributed by atoms with Gasteiger partial charge in [0.25, 0.3) is 0 Å². The lowest BCUT2D eigenvalue weighted by Crippen LogP contribution is -2.44. The van der Waals surface area contributed by atoms with Gasteiger partial charge in [-0.05, 0) is 12.3 Å². The summed E-state index contributed by atoms with van der Waals surface area (Å²) in [5, 5.41) is 10.0. The Hall–Kier alpha value is -2.45. The number of aromatic nitrogens is 2. The monoisotopic (exact) mass is 461 g/mol. The van der Waals surface area contributed by atoms with Gasteiger partial charge in [-0.25, -0.2) is 9.37 Å². The van der Waals surface area contributed by atoms with Gasteiger partial charge in [-0.2, -0.15) is 10.2 Å². The van der Waals surface area contributed by atoms with Gasteiger partial charge in [0.2, 0.25) is 5.88 Å². The van der Waals surface area contributed by atoms with Gasteiger partial charge in [0.1, 0.15) is 30.2 Å². The van der Waals surface area contributed by atoms with Gasteiger partial charge in [0.05, 0.1) is 24.6 Å². The third kappa shape index (κ3) is 6.07. The molecule has 10 heteroatoms. The van der Waals surface area contributed by atoms with E-state index in [9.17, 15) is 9.65 Å². The highest BCUT2D eigenvalue weighted by Gasteiger charge is 2.24. The van der Waals surface area contributed by atoms with Crippen LogP contribution >= 0.6 is 11.8 Å². The number of ether oxygens (including phenoxy) is 3. The maximum Gasteiger partial charge on any atom is 0.217 e. The molecule has 1 aliphatic rings. The van der Waals surface area contributed by atoms with Crippen molar-refractivity contribution in [3.63, 3.8) is 0 Å². The molecule has 0 radical (unpaired) electrons. The van der Waals surface area contributed by atoms with E-state index < -0.39 is 5.82 Å². The lowest BCUT2D eigenvalue weighted by atomic mass is 10.1. The molecule has 1 saturated heterocycles. The molecule has 0 aliphatic carbocycles. The molecule has 1 atom stereocenters. The van der Waals surface area contributed by atoms with Crippen LogP contribution in [0, 0.1) is 17.1 Å². The van der Waals surface area contributed by atoms with Crippen LogP contribution in [0.5, 0.6) is 5.88 Å². The van der Waals surface area contributed by atoms with Crippen molar-refractivity contribution < 1.29 is 18.6 Å². The molecule has 2 aromatic rings. The molecule has 1 unspecified atom stereocenters. The van der Waals surface area contributed by atoms with E-state index in [0.29, 0.717) is 61.7 Å². The van der Waals surface area contributed by atoms with Crippen LogP contribution in [0.1, 0.15) is 16.8 Å². The van der Waals surface area contributed by atoms with Crippen LogP contribution in [-0.2, 0) is 22.6 Å². The Morgan fingerprint density at radius 3 is 2.88 bits per heavy atom. The van der Waals surface area contributed by atoms with Crippen LogP contribution in [0.2, 0.25) is 0 Å². The average molecular weight is 462 g/mol. The van der Waals surface area contributed by atoms with Crippen molar-refractivity contribution in [2.45, 2.75) is 24.4 Å². The van der Waals surface area contributed by atoms with Crippen molar-refractivity contribution in [2.75, 3.05) is 58.7 Å². The molecular weight excluding hydrogens is 433 g/mol. The molecular formula is C22H28FN5O3S. The zero-order chi connectivity index (χ0) is 23.1. The second kappa shape index (κ2) is 11.4.